The van der Waals surface area contributed by atoms with Crippen LogP contribution in [0.25, 0.3) is 10.9 Å². The number of aliphatic carboxylic acids is 1. The summed E-state index contributed by atoms with van der Waals surface area (Å²) < 4.78 is 0. The zero-order valence-corrected chi connectivity index (χ0v) is 9.91. The zero-order chi connectivity index (χ0) is 12.5. The van der Waals surface area contributed by atoms with Crippen LogP contribution in [0.4, 0.5) is 5.82 Å². The molecule has 1 atom stereocenters. The van der Waals surface area contributed by atoms with Crippen molar-refractivity contribution in [1.82, 2.24) is 4.98 Å². The molecular formula is C14H14N2O2. The van der Waals surface area contributed by atoms with E-state index >= 15 is 0 Å². The summed E-state index contributed by atoms with van der Waals surface area (Å²) >= 11 is 0. The van der Waals surface area contributed by atoms with Gasteiger partial charge in [0.25, 0.3) is 0 Å². The van der Waals surface area contributed by atoms with E-state index in [1.807, 2.05) is 41.3 Å². The standard InChI is InChI=1S/C14H14N2O2/c17-14(18)12-6-3-9-16(12)13-8-7-10-4-1-2-5-11(10)15-13/h1-2,4-5,7-8,12H,3,6,9H2,(H,17,18)/t12-/m1/s1. The van der Waals surface area contributed by atoms with Crippen molar-refractivity contribution in [3.63, 3.8) is 0 Å². The molecule has 1 aromatic carbocycles. The predicted molar refractivity (Wildman–Crippen MR) is 69.7 cm³/mol. The Morgan fingerprint density at radius 1 is 1.28 bits per heavy atom. The van der Waals surface area contributed by atoms with Gasteiger partial charge in [0.1, 0.15) is 11.9 Å². The number of carboxylic acids is 1. The second-order valence-electron chi connectivity index (χ2n) is 4.55. The summed E-state index contributed by atoms with van der Waals surface area (Å²) in [5, 5.41) is 10.3. The number of carbonyl (C=O) groups is 1. The second kappa shape index (κ2) is 4.29. The lowest BCUT2D eigenvalue weighted by molar-refractivity contribution is -0.138. The van der Waals surface area contributed by atoms with E-state index in [2.05, 4.69) is 4.98 Å². The third-order valence-corrected chi connectivity index (χ3v) is 3.42. The number of carboxylic acid groups (broad SMARTS) is 1. The minimum atomic E-state index is -0.762. The van der Waals surface area contributed by atoms with Gasteiger partial charge >= 0.3 is 5.97 Å². The van der Waals surface area contributed by atoms with Crippen LogP contribution in [-0.4, -0.2) is 28.6 Å². The first kappa shape index (κ1) is 11.0. The van der Waals surface area contributed by atoms with Crippen LogP contribution in [0, 0.1) is 0 Å². The first-order valence-corrected chi connectivity index (χ1v) is 6.11. The number of anilines is 1. The van der Waals surface area contributed by atoms with Crippen molar-refractivity contribution in [3.05, 3.63) is 36.4 Å². The lowest BCUT2D eigenvalue weighted by atomic mass is 10.2. The highest BCUT2D eigenvalue weighted by atomic mass is 16.4. The van der Waals surface area contributed by atoms with E-state index in [9.17, 15) is 9.90 Å². The van der Waals surface area contributed by atoms with Crippen LogP contribution in [0.1, 0.15) is 12.8 Å². The molecule has 0 amide bonds. The van der Waals surface area contributed by atoms with Gasteiger partial charge in [0.2, 0.25) is 0 Å². The average molecular weight is 242 g/mol. The normalized spacial score (nSPS) is 19.3. The summed E-state index contributed by atoms with van der Waals surface area (Å²) in [6.07, 6.45) is 1.61. The summed E-state index contributed by atoms with van der Waals surface area (Å²) in [6.45, 7) is 0.766. The maximum absolute atomic E-state index is 11.2. The number of hydrogen-bond donors (Lipinski definition) is 1. The molecule has 1 aliphatic rings. The fourth-order valence-electron chi connectivity index (χ4n) is 2.51. The molecule has 1 aromatic heterocycles. The Morgan fingerprint density at radius 3 is 2.94 bits per heavy atom. The third kappa shape index (κ3) is 1.79. The Balaban J connectivity index is 2.01. The first-order valence-electron chi connectivity index (χ1n) is 6.11. The molecule has 1 fully saturated rings. The maximum atomic E-state index is 11.2. The quantitative estimate of drug-likeness (QED) is 0.877. The SMILES string of the molecule is O=C(O)[C@H]1CCCN1c1ccc2ccccc2n1. The van der Waals surface area contributed by atoms with Gasteiger partial charge in [-0.3, -0.25) is 0 Å². The molecule has 0 unspecified atom stereocenters. The fraction of sp³-hybridized carbons (Fsp3) is 0.286. The molecular weight excluding hydrogens is 228 g/mol. The van der Waals surface area contributed by atoms with Crippen LogP contribution >= 0.6 is 0 Å². The van der Waals surface area contributed by atoms with Crippen molar-refractivity contribution in [2.45, 2.75) is 18.9 Å². The van der Waals surface area contributed by atoms with Crippen LogP contribution in [0.3, 0.4) is 0 Å². The van der Waals surface area contributed by atoms with Crippen LogP contribution in [0.5, 0.6) is 0 Å². The Kier molecular flexibility index (Phi) is 2.63. The maximum Gasteiger partial charge on any atom is 0.326 e. The monoisotopic (exact) mass is 242 g/mol. The highest BCUT2D eigenvalue weighted by molar-refractivity contribution is 5.82. The van der Waals surface area contributed by atoms with Gasteiger partial charge in [0.15, 0.2) is 0 Å². The highest BCUT2D eigenvalue weighted by Gasteiger charge is 2.31. The molecule has 0 bridgehead atoms. The molecule has 4 heteroatoms. The second-order valence-corrected chi connectivity index (χ2v) is 4.55. The van der Waals surface area contributed by atoms with Crippen LogP contribution in [-0.2, 0) is 4.79 Å². The van der Waals surface area contributed by atoms with Crippen molar-refractivity contribution in [2.75, 3.05) is 11.4 Å². The van der Waals surface area contributed by atoms with Crippen molar-refractivity contribution in [2.24, 2.45) is 0 Å². The largest absolute Gasteiger partial charge is 0.480 e. The van der Waals surface area contributed by atoms with Crippen molar-refractivity contribution < 1.29 is 9.90 Å². The van der Waals surface area contributed by atoms with Gasteiger partial charge in [-0.2, -0.15) is 0 Å². The lowest BCUT2D eigenvalue weighted by Gasteiger charge is -2.22. The summed E-state index contributed by atoms with van der Waals surface area (Å²) in [5.41, 5.74) is 0.908. The van der Waals surface area contributed by atoms with Gasteiger partial charge in [-0.25, -0.2) is 9.78 Å². The molecule has 3 rings (SSSR count). The molecule has 92 valence electrons. The first-order chi connectivity index (χ1) is 8.75. The number of para-hydroxylation sites is 1. The van der Waals surface area contributed by atoms with Crippen molar-refractivity contribution >= 4 is 22.7 Å². The fourth-order valence-corrected chi connectivity index (χ4v) is 2.51. The van der Waals surface area contributed by atoms with E-state index in [0.717, 1.165) is 29.7 Å². The van der Waals surface area contributed by atoms with Crippen LogP contribution in [0.2, 0.25) is 0 Å². The van der Waals surface area contributed by atoms with E-state index < -0.39 is 12.0 Å². The number of pyridine rings is 1. The van der Waals surface area contributed by atoms with E-state index in [4.69, 9.17) is 0 Å². The molecule has 4 nitrogen and oxygen atoms in total. The number of aromatic nitrogens is 1. The zero-order valence-electron chi connectivity index (χ0n) is 9.91. The number of hydrogen-bond acceptors (Lipinski definition) is 3. The summed E-state index contributed by atoms with van der Waals surface area (Å²) in [4.78, 5) is 17.6. The highest BCUT2D eigenvalue weighted by Crippen LogP contribution is 2.25. The van der Waals surface area contributed by atoms with E-state index in [1.165, 1.54) is 0 Å². The summed E-state index contributed by atoms with van der Waals surface area (Å²) in [6, 6.07) is 11.3. The number of benzene rings is 1. The molecule has 18 heavy (non-hydrogen) atoms. The number of nitrogens with zero attached hydrogens (tertiary/aromatic N) is 2. The van der Waals surface area contributed by atoms with E-state index in [1.54, 1.807) is 0 Å². The number of rotatable bonds is 2. The Bertz CT molecular complexity index is 597. The molecule has 0 radical (unpaired) electrons. The average Bonchev–Trinajstić information content (AvgIpc) is 2.87. The Labute approximate surface area is 105 Å². The molecule has 1 saturated heterocycles. The summed E-state index contributed by atoms with van der Waals surface area (Å²) in [5.74, 6) is 0.000980. The molecule has 0 spiro atoms. The molecule has 0 aliphatic carbocycles. The van der Waals surface area contributed by atoms with Gasteiger partial charge in [-0.1, -0.05) is 18.2 Å². The van der Waals surface area contributed by atoms with Crippen molar-refractivity contribution in [1.29, 1.82) is 0 Å². The third-order valence-electron chi connectivity index (χ3n) is 3.42. The molecule has 2 heterocycles. The lowest BCUT2D eigenvalue weighted by Crippen LogP contribution is -2.36. The Hall–Kier alpha value is -2.10. The van der Waals surface area contributed by atoms with E-state index in [0.29, 0.717) is 6.42 Å². The Morgan fingerprint density at radius 2 is 2.11 bits per heavy atom. The summed E-state index contributed by atoms with van der Waals surface area (Å²) in [7, 11) is 0. The van der Waals surface area contributed by atoms with Crippen molar-refractivity contribution in [3.8, 4) is 0 Å². The predicted octanol–water partition coefficient (Wildman–Crippen LogP) is 2.29. The smallest absolute Gasteiger partial charge is 0.326 e. The molecule has 0 saturated carbocycles. The molecule has 2 aromatic rings. The van der Waals surface area contributed by atoms with Gasteiger partial charge in [-0.15, -0.1) is 0 Å². The topological polar surface area (TPSA) is 53.4 Å². The van der Waals surface area contributed by atoms with E-state index in [-0.39, 0.29) is 0 Å². The van der Waals surface area contributed by atoms with Crippen LogP contribution in [0.15, 0.2) is 36.4 Å². The minimum absolute atomic E-state index is 0.432. The van der Waals surface area contributed by atoms with Gasteiger partial charge in [0.05, 0.1) is 5.52 Å². The van der Waals surface area contributed by atoms with Gasteiger partial charge < -0.3 is 10.0 Å². The van der Waals surface area contributed by atoms with Gasteiger partial charge in [0, 0.05) is 11.9 Å². The molecule has 1 N–H and O–H groups in total. The molecule has 1 aliphatic heterocycles. The minimum Gasteiger partial charge on any atom is -0.480 e. The number of fused-ring (bicyclic) bond motifs is 1. The van der Waals surface area contributed by atoms with Crippen LogP contribution < -0.4 is 4.90 Å². The van der Waals surface area contributed by atoms with Gasteiger partial charge in [-0.05, 0) is 31.0 Å².